The van der Waals surface area contributed by atoms with E-state index < -0.39 is 22.7 Å². The van der Waals surface area contributed by atoms with E-state index in [1.807, 2.05) is 0 Å². The molecule has 0 spiro atoms. The molecule has 2 unspecified atom stereocenters. The second kappa shape index (κ2) is 8.01. The van der Waals surface area contributed by atoms with Crippen molar-refractivity contribution in [1.82, 2.24) is 0 Å². The monoisotopic (exact) mass is 360 g/mol. The fraction of sp³-hybridized carbons (Fsp3) is 0.389. The smallest absolute Gasteiger partial charge is 0.336 e. The highest BCUT2D eigenvalue weighted by atomic mass is 16.6. The standard InChI is InChI=1S/C18H20N2O6/c1-10-15(12(3)22)17(13-5-4-6-14(9-13)20(24)25)16(11(2)19-10)18(23)26-8-7-21/h4-6,9,15,17,21H,7-8H2,1-3H3. The molecule has 138 valence electrons. The van der Waals surface area contributed by atoms with Crippen molar-refractivity contribution in [3.05, 3.63) is 51.2 Å². The van der Waals surface area contributed by atoms with Crippen molar-refractivity contribution < 1.29 is 24.4 Å². The van der Waals surface area contributed by atoms with E-state index in [-0.39, 0.29) is 30.3 Å². The number of esters is 1. The number of non-ortho nitro benzene ring substituents is 1. The van der Waals surface area contributed by atoms with Gasteiger partial charge in [-0.2, -0.15) is 0 Å². The first-order chi connectivity index (χ1) is 12.3. The van der Waals surface area contributed by atoms with Crippen LogP contribution in [0, 0.1) is 16.0 Å². The Labute approximate surface area is 150 Å². The molecule has 2 atom stereocenters. The highest BCUT2D eigenvalue weighted by Gasteiger charge is 2.40. The zero-order valence-electron chi connectivity index (χ0n) is 14.8. The fourth-order valence-electron chi connectivity index (χ4n) is 3.24. The molecule has 8 nitrogen and oxygen atoms in total. The summed E-state index contributed by atoms with van der Waals surface area (Å²) in [7, 11) is 0. The van der Waals surface area contributed by atoms with Crippen molar-refractivity contribution in [3.8, 4) is 0 Å². The molecule has 2 rings (SSSR count). The van der Waals surface area contributed by atoms with Gasteiger partial charge in [-0.3, -0.25) is 19.9 Å². The molecule has 1 N–H and O–H groups in total. The van der Waals surface area contributed by atoms with Gasteiger partial charge in [0.25, 0.3) is 5.69 Å². The summed E-state index contributed by atoms with van der Waals surface area (Å²) < 4.78 is 5.03. The van der Waals surface area contributed by atoms with Crippen LogP contribution in [0.4, 0.5) is 5.69 Å². The van der Waals surface area contributed by atoms with Gasteiger partial charge in [0.1, 0.15) is 12.4 Å². The second-order valence-corrected chi connectivity index (χ2v) is 6.03. The second-order valence-electron chi connectivity index (χ2n) is 6.03. The van der Waals surface area contributed by atoms with Crippen LogP contribution in [0.1, 0.15) is 32.3 Å². The number of aliphatic imine (C=N–C) groups is 1. The maximum Gasteiger partial charge on any atom is 0.336 e. The lowest BCUT2D eigenvalue weighted by Crippen LogP contribution is -2.34. The summed E-state index contributed by atoms with van der Waals surface area (Å²) in [6, 6.07) is 5.85. The van der Waals surface area contributed by atoms with E-state index in [0.717, 1.165) is 0 Å². The van der Waals surface area contributed by atoms with Crippen LogP contribution in [0.15, 0.2) is 40.5 Å². The van der Waals surface area contributed by atoms with Gasteiger partial charge in [0, 0.05) is 29.5 Å². The number of aliphatic hydroxyl groups is 1. The van der Waals surface area contributed by atoms with Gasteiger partial charge in [0.05, 0.1) is 23.0 Å². The van der Waals surface area contributed by atoms with E-state index in [1.165, 1.54) is 25.1 Å². The Morgan fingerprint density at radius 1 is 1.35 bits per heavy atom. The van der Waals surface area contributed by atoms with Crippen LogP contribution in [-0.4, -0.2) is 40.7 Å². The maximum atomic E-state index is 12.5. The zero-order valence-corrected chi connectivity index (χ0v) is 14.8. The summed E-state index contributed by atoms with van der Waals surface area (Å²) >= 11 is 0. The Morgan fingerprint density at radius 3 is 2.62 bits per heavy atom. The molecule has 1 aromatic carbocycles. The number of carbonyl (C=O) groups is 2. The lowest BCUT2D eigenvalue weighted by atomic mass is 9.74. The predicted molar refractivity (Wildman–Crippen MR) is 93.9 cm³/mol. The molecule has 8 heteroatoms. The van der Waals surface area contributed by atoms with Crippen LogP contribution in [-0.2, 0) is 14.3 Å². The zero-order chi connectivity index (χ0) is 19.4. The highest BCUT2D eigenvalue weighted by Crippen LogP contribution is 2.40. The molecule has 1 heterocycles. The molecule has 0 bridgehead atoms. The van der Waals surface area contributed by atoms with E-state index in [4.69, 9.17) is 9.84 Å². The molecule has 26 heavy (non-hydrogen) atoms. The Morgan fingerprint density at radius 2 is 2.04 bits per heavy atom. The number of aliphatic hydroxyl groups excluding tert-OH is 1. The Bertz CT molecular complexity index is 812. The summed E-state index contributed by atoms with van der Waals surface area (Å²) in [4.78, 5) is 39.7. The lowest BCUT2D eigenvalue weighted by molar-refractivity contribution is -0.384. The summed E-state index contributed by atoms with van der Waals surface area (Å²) in [5.74, 6) is -2.37. The van der Waals surface area contributed by atoms with Crippen LogP contribution >= 0.6 is 0 Å². The van der Waals surface area contributed by atoms with Gasteiger partial charge in [-0.15, -0.1) is 0 Å². The first-order valence-electron chi connectivity index (χ1n) is 8.06. The molecule has 0 saturated heterocycles. The average molecular weight is 360 g/mol. The SMILES string of the molecule is CC(=O)C1C(C)=NC(C)=C(C(=O)OCCO)C1c1cccc([N+](=O)[O-])c1. The molecule has 1 aliphatic heterocycles. The molecule has 0 saturated carbocycles. The van der Waals surface area contributed by atoms with E-state index in [1.54, 1.807) is 19.9 Å². The van der Waals surface area contributed by atoms with Crippen molar-refractivity contribution >= 4 is 23.2 Å². The fourth-order valence-corrected chi connectivity index (χ4v) is 3.24. The van der Waals surface area contributed by atoms with Crippen LogP contribution in [0.2, 0.25) is 0 Å². The quantitative estimate of drug-likeness (QED) is 0.472. The van der Waals surface area contributed by atoms with Gasteiger partial charge in [0.15, 0.2) is 0 Å². The van der Waals surface area contributed by atoms with Crippen LogP contribution in [0.25, 0.3) is 0 Å². The van der Waals surface area contributed by atoms with Crippen LogP contribution < -0.4 is 0 Å². The maximum absolute atomic E-state index is 12.5. The molecule has 0 aromatic heterocycles. The van der Waals surface area contributed by atoms with Crippen LogP contribution in [0.3, 0.4) is 0 Å². The number of ketones is 1. The molecule has 0 amide bonds. The van der Waals surface area contributed by atoms with Gasteiger partial charge in [-0.05, 0) is 26.3 Å². The third-order valence-electron chi connectivity index (χ3n) is 4.25. The normalized spacial score (nSPS) is 19.8. The number of hydrogen-bond donors (Lipinski definition) is 1. The number of hydrogen-bond acceptors (Lipinski definition) is 7. The van der Waals surface area contributed by atoms with Gasteiger partial charge >= 0.3 is 5.97 Å². The molecular weight excluding hydrogens is 340 g/mol. The molecular formula is C18H20N2O6. The van der Waals surface area contributed by atoms with Gasteiger partial charge in [-0.25, -0.2) is 4.79 Å². The van der Waals surface area contributed by atoms with Crippen LogP contribution in [0.5, 0.6) is 0 Å². The highest BCUT2D eigenvalue weighted by molar-refractivity contribution is 6.08. The number of rotatable bonds is 6. The topological polar surface area (TPSA) is 119 Å². The van der Waals surface area contributed by atoms with Gasteiger partial charge in [-0.1, -0.05) is 12.1 Å². The number of benzene rings is 1. The summed E-state index contributed by atoms with van der Waals surface area (Å²) in [5.41, 5.74) is 1.42. The van der Waals surface area contributed by atoms with Gasteiger partial charge in [0.2, 0.25) is 0 Å². The number of nitro benzene ring substituents is 1. The minimum atomic E-state index is -0.740. The van der Waals surface area contributed by atoms with Crippen molar-refractivity contribution in [2.24, 2.45) is 10.9 Å². The molecule has 1 aliphatic rings. The molecule has 1 aromatic rings. The van der Waals surface area contributed by atoms with E-state index in [2.05, 4.69) is 4.99 Å². The Balaban J connectivity index is 2.63. The number of nitro groups is 1. The lowest BCUT2D eigenvalue weighted by Gasteiger charge is -2.31. The average Bonchev–Trinajstić information content (AvgIpc) is 2.58. The third-order valence-corrected chi connectivity index (χ3v) is 4.25. The third kappa shape index (κ3) is 3.85. The number of Topliss-reactive ketones (excluding diaryl/α,β-unsaturated/α-hetero) is 1. The Hall–Kier alpha value is -2.87. The minimum Gasteiger partial charge on any atom is -0.460 e. The predicted octanol–water partition coefficient (Wildman–Crippen LogP) is 2.17. The minimum absolute atomic E-state index is 0.134. The molecule has 0 aliphatic carbocycles. The molecule has 0 radical (unpaired) electrons. The van der Waals surface area contributed by atoms with Crippen molar-refractivity contribution in [1.29, 1.82) is 0 Å². The number of allylic oxidation sites excluding steroid dienone is 1. The first kappa shape index (κ1) is 19.5. The first-order valence-corrected chi connectivity index (χ1v) is 8.06. The van der Waals surface area contributed by atoms with E-state index in [0.29, 0.717) is 17.0 Å². The largest absolute Gasteiger partial charge is 0.460 e. The molecule has 0 fully saturated rings. The number of nitrogens with zero attached hydrogens (tertiary/aromatic N) is 2. The number of ether oxygens (including phenoxy) is 1. The number of carbonyl (C=O) groups excluding carboxylic acids is 2. The summed E-state index contributed by atoms with van der Waals surface area (Å²) in [5, 5.41) is 20.0. The Kier molecular flexibility index (Phi) is 5.99. The summed E-state index contributed by atoms with van der Waals surface area (Å²) in [6.45, 7) is 4.18. The van der Waals surface area contributed by atoms with Crippen molar-refractivity contribution in [2.45, 2.75) is 26.7 Å². The van der Waals surface area contributed by atoms with Gasteiger partial charge < -0.3 is 9.84 Å². The summed E-state index contributed by atoms with van der Waals surface area (Å²) in [6.07, 6.45) is 0. The van der Waals surface area contributed by atoms with Crippen molar-refractivity contribution in [2.75, 3.05) is 13.2 Å². The van der Waals surface area contributed by atoms with E-state index >= 15 is 0 Å². The van der Waals surface area contributed by atoms with Crippen molar-refractivity contribution in [3.63, 3.8) is 0 Å². The van der Waals surface area contributed by atoms with E-state index in [9.17, 15) is 19.7 Å².